The standard InChI is InChI=1S/C7H13FO2/c1-7(2,3)5(4-8)6(9)10/h5H,4H2,1-3H3,(H,9,10). The Kier molecular flexibility index (Phi) is 2.81. The Morgan fingerprint density at radius 2 is 2.00 bits per heavy atom. The van der Waals surface area contributed by atoms with Gasteiger partial charge in [0.2, 0.25) is 0 Å². The van der Waals surface area contributed by atoms with Crippen LogP contribution in [0.2, 0.25) is 0 Å². The first-order valence-electron chi connectivity index (χ1n) is 3.18. The van der Waals surface area contributed by atoms with Crippen molar-refractivity contribution in [3.63, 3.8) is 0 Å². The van der Waals surface area contributed by atoms with Gasteiger partial charge < -0.3 is 5.11 Å². The van der Waals surface area contributed by atoms with Crippen LogP contribution in [0.3, 0.4) is 0 Å². The lowest BCUT2D eigenvalue weighted by Crippen LogP contribution is -2.29. The molecule has 0 aromatic carbocycles. The summed E-state index contributed by atoms with van der Waals surface area (Å²) in [7, 11) is 0. The van der Waals surface area contributed by atoms with E-state index in [1.54, 1.807) is 20.8 Å². The van der Waals surface area contributed by atoms with Crippen LogP contribution in [0.1, 0.15) is 20.8 Å². The van der Waals surface area contributed by atoms with E-state index in [-0.39, 0.29) is 0 Å². The van der Waals surface area contributed by atoms with E-state index in [9.17, 15) is 9.18 Å². The molecule has 0 aliphatic heterocycles. The molecule has 1 unspecified atom stereocenters. The van der Waals surface area contributed by atoms with Crippen LogP contribution in [0.4, 0.5) is 4.39 Å². The Labute approximate surface area is 60.1 Å². The van der Waals surface area contributed by atoms with E-state index in [1.165, 1.54) is 0 Å². The largest absolute Gasteiger partial charge is 0.481 e. The highest BCUT2D eigenvalue weighted by Crippen LogP contribution is 2.26. The molecule has 0 aromatic heterocycles. The number of hydrogen-bond donors (Lipinski definition) is 1. The number of rotatable bonds is 2. The van der Waals surface area contributed by atoms with Gasteiger partial charge in [0, 0.05) is 0 Å². The van der Waals surface area contributed by atoms with Crippen LogP contribution >= 0.6 is 0 Å². The molecule has 0 spiro atoms. The Morgan fingerprint density at radius 3 is 2.00 bits per heavy atom. The summed E-state index contributed by atoms with van der Waals surface area (Å²) in [4.78, 5) is 10.3. The minimum atomic E-state index is -1.06. The van der Waals surface area contributed by atoms with Crippen molar-refractivity contribution < 1.29 is 14.3 Å². The Hall–Kier alpha value is -0.600. The van der Waals surface area contributed by atoms with Gasteiger partial charge in [0.25, 0.3) is 0 Å². The molecule has 0 heterocycles. The van der Waals surface area contributed by atoms with Crippen LogP contribution in [-0.4, -0.2) is 17.8 Å². The predicted molar refractivity (Wildman–Crippen MR) is 36.6 cm³/mol. The van der Waals surface area contributed by atoms with Gasteiger partial charge in [-0.2, -0.15) is 0 Å². The van der Waals surface area contributed by atoms with Crippen LogP contribution < -0.4 is 0 Å². The Balaban J connectivity index is 4.22. The molecule has 0 aromatic rings. The fourth-order valence-electron chi connectivity index (χ4n) is 0.668. The second kappa shape index (κ2) is 2.99. The van der Waals surface area contributed by atoms with Gasteiger partial charge in [-0.15, -0.1) is 0 Å². The van der Waals surface area contributed by atoms with Crippen LogP contribution in [0.15, 0.2) is 0 Å². The molecule has 0 bridgehead atoms. The molecular formula is C7H13FO2. The lowest BCUT2D eigenvalue weighted by atomic mass is 9.82. The van der Waals surface area contributed by atoms with Crippen molar-refractivity contribution in [1.82, 2.24) is 0 Å². The fourth-order valence-corrected chi connectivity index (χ4v) is 0.668. The highest BCUT2D eigenvalue weighted by molar-refractivity contribution is 5.71. The summed E-state index contributed by atoms with van der Waals surface area (Å²) < 4.78 is 12.0. The minimum Gasteiger partial charge on any atom is -0.481 e. The van der Waals surface area contributed by atoms with E-state index >= 15 is 0 Å². The molecule has 3 heteroatoms. The lowest BCUT2D eigenvalue weighted by Gasteiger charge is -2.23. The second-order valence-corrected chi connectivity index (χ2v) is 3.41. The van der Waals surface area contributed by atoms with Crippen molar-refractivity contribution in [3.05, 3.63) is 0 Å². The lowest BCUT2D eigenvalue weighted by molar-refractivity contribution is -0.146. The maximum atomic E-state index is 12.0. The van der Waals surface area contributed by atoms with Gasteiger partial charge in [0.1, 0.15) is 6.67 Å². The van der Waals surface area contributed by atoms with Crippen LogP contribution in [0, 0.1) is 11.3 Å². The van der Waals surface area contributed by atoms with E-state index in [4.69, 9.17) is 5.11 Å². The van der Waals surface area contributed by atoms with E-state index in [1.807, 2.05) is 0 Å². The van der Waals surface area contributed by atoms with Crippen molar-refractivity contribution in [1.29, 1.82) is 0 Å². The zero-order valence-electron chi connectivity index (χ0n) is 6.52. The van der Waals surface area contributed by atoms with Gasteiger partial charge in [0.15, 0.2) is 0 Å². The summed E-state index contributed by atoms with van der Waals surface area (Å²) in [5.74, 6) is -1.94. The number of carboxylic acids is 1. The maximum Gasteiger partial charge on any atom is 0.309 e. The highest BCUT2D eigenvalue weighted by Gasteiger charge is 2.30. The topological polar surface area (TPSA) is 37.3 Å². The van der Waals surface area contributed by atoms with E-state index in [2.05, 4.69) is 0 Å². The number of aliphatic carboxylic acids is 1. The first kappa shape index (κ1) is 9.40. The molecule has 0 rings (SSSR count). The molecule has 1 atom stereocenters. The third-order valence-corrected chi connectivity index (χ3v) is 1.50. The first-order valence-corrected chi connectivity index (χ1v) is 3.18. The second-order valence-electron chi connectivity index (χ2n) is 3.41. The van der Waals surface area contributed by atoms with E-state index < -0.39 is 24.0 Å². The molecular weight excluding hydrogens is 135 g/mol. The first-order chi connectivity index (χ1) is 4.39. The van der Waals surface area contributed by atoms with E-state index in [0.29, 0.717) is 0 Å². The van der Waals surface area contributed by atoms with Gasteiger partial charge in [-0.25, -0.2) is 0 Å². The number of carbonyl (C=O) groups is 1. The van der Waals surface area contributed by atoms with Crippen molar-refractivity contribution in [2.75, 3.05) is 6.67 Å². The quantitative estimate of drug-likeness (QED) is 0.647. The molecule has 60 valence electrons. The molecule has 1 N–H and O–H groups in total. The molecule has 0 saturated heterocycles. The van der Waals surface area contributed by atoms with Crippen molar-refractivity contribution in [2.24, 2.45) is 11.3 Å². The molecule has 0 fully saturated rings. The monoisotopic (exact) mass is 148 g/mol. The molecule has 2 nitrogen and oxygen atoms in total. The third-order valence-electron chi connectivity index (χ3n) is 1.50. The summed E-state index contributed by atoms with van der Waals surface area (Å²) in [5.41, 5.74) is -0.486. The van der Waals surface area contributed by atoms with Crippen LogP contribution in [0.25, 0.3) is 0 Å². The number of halogens is 1. The number of carboxylic acid groups (broad SMARTS) is 1. The van der Waals surface area contributed by atoms with Gasteiger partial charge in [-0.05, 0) is 5.41 Å². The maximum absolute atomic E-state index is 12.0. The van der Waals surface area contributed by atoms with Crippen LogP contribution in [0.5, 0.6) is 0 Å². The summed E-state index contributed by atoms with van der Waals surface area (Å²) >= 11 is 0. The minimum absolute atomic E-state index is 0.486. The van der Waals surface area contributed by atoms with Gasteiger partial charge >= 0.3 is 5.97 Å². The Bertz CT molecular complexity index is 126. The van der Waals surface area contributed by atoms with Crippen molar-refractivity contribution in [2.45, 2.75) is 20.8 Å². The normalized spacial score (nSPS) is 14.8. The zero-order valence-corrected chi connectivity index (χ0v) is 6.52. The van der Waals surface area contributed by atoms with Gasteiger partial charge in [-0.3, -0.25) is 9.18 Å². The zero-order chi connectivity index (χ0) is 8.36. The molecule has 0 saturated carbocycles. The van der Waals surface area contributed by atoms with Crippen molar-refractivity contribution >= 4 is 5.97 Å². The van der Waals surface area contributed by atoms with E-state index in [0.717, 1.165) is 0 Å². The fraction of sp³-hybridized carbons (Fsp3) is 0.857. The smallest absolute Gasteiger partial charge is 0.309 e. The van der Waals surface area contributed by atoms with Gasteiger partial charge in [0.05, 0.1) is 5.92 Å². The summed E-state index contributed by atoms with van der Waals surface area (Å²) in [6.07, 6.45) is 0. The molecule has 0 aliphatic rings. The third kappa shape index (κ3) is 2.33. The highest BCUT2D eigenvalue weighted by atomic mass is 19.1. The average molecular weight is 148 g/mol. The molecule has 0 radical (unpaired) electrons. The SMILES string of the molecule is CC(C)(C)C(CF)C(=O)O. The van der Waals surface area contributed by atoms with Crippen molar-refractivity contribution in [3.8, 4) is 0 Å². The molecule has 10 heavy (non-hydrogen) atoms. The average Bonchev–Trinajstić information content (AvgIpc) is 1.60. The molecule has 0 amide bonds. The predicted octanol–water partition coefficient (Wildman–Crippen LogP) is 1.70. The van der Waals surface area contributed by atoms with Gasteiger partial charge in [-0.1, -0.05) is 20.8 Å². The summed E-state index contributed by atoms with van der Waals surface area (Å²) in [5, 5.41) is 8.47. The van der Waals surface area contributed by atoms with Crippen LogP contribution in [-0.2, 0) is 4.79 Å². The summed E-state index contributed by atoms with van der Waals surface area (Å²) in [6, 6.07) is 0. The number of alkyl halides is 1. The number of hydrogen-bond acceptors (Lipinski definition) is 1. The summed E-state index contributed by atoms with van der Waals surface area (Å²) in [6.45, 7) is 4.35. The molecule has 0 aliphatic carbocycles. The Morgan fingerprint density at radius 1 is 1.60 bits per heavy atom.